The molecule has 19 heavy (non-hydrogen) atoms. The summed E-state index contributed by atoms with van der Waals surface area (Å²) in [4.78, 5) is 16.7. The molecule has 0 spiro atoms. The number of Topliss-reactive ketones (excluding diaryl/α,β-unsaturated/α-hetero) is 1. The zero-order valence-electron chi connectivity index (χ0n) is 11.9. The Hall–Kier alpha value is -1.38. The Kier molecular flexibility index (Phi) is 4.94. The lowest BCUT2D eigenvalue weighted by atomic mass is 9.78. The van der Waals surface area contributed by atoms with Gasteiger partial charge in [0.2, 0.25) is 0 Å². The summed E-state index contributed by atoms with van der Waals surface area (Å²) in [6, 6.07) is 3.61. The van der Waals surface area contributed by atoms with Gasteiger partial charge in [0.1, 0.15) is 11.4 Å². The molecule has 0 unspecified atom stereocenters. The van der Waals surface area contributed by atoms with Crippen molar-refractivity contribution in [1.82, 2.24) is 4.98 Å². The highest BCUT2D eigenvalue weighted by Crippen LogP contribution is 2.34. The summed E-state index contributed by atoms with van der Waals surface area (Å²) >= 11 is 0. The average Bonchev–Trinajstić information content (AvgIpc) is 2.47. The monoisotopic (exact) mass is 261 g/mol. The van der Waals surface area contributed by atoms with Crippen LogP contribution in [0, 0.1) is 11.8 Å². The van der Waals surface area contributed by atoms with Crippen molar-refractivity contribution >= 4 is 5.78 Å². The van der Waals surface area contributed by atoms with E-state index in [2.05, 4.69) is 11.9 Å². The maximum absolute atomic E-state index is 12.5. The van der Waals surface area contributed by atoms with Gasteiger partial charge in [0.05, 0.1) is 7.11 Å². The number of ketones is 1. The fraction of sp³-hybridized carbons (Fsp3) is 0.625. The molecule has 1 fully saturated rings. The van der Waals surface area contributed by atoms with Gasteiger partial charge in [-0.05, 0) is 43.7 Å². The number of carbonyl (C=O) groups is 1. The smallest absolute Gasteiger partial charge is 0.188 e. The normalized spacial score (nSPS) is 23.1. The van der Waals surface area contributed by atoms with Crippen LogP contribution in [0.1, 0.15) is 55.9 Å². The number of hydrogen-bond donors (Lipinski definition) is 0. The first-order valence-electron chi connectivity index (χ1n) is 7.29. The van der Waals surface area contributed by atoms with E-state index in [1.807, 2.05) is 6.07 Å². The minimum absolute atomic E-state index is 0.136. The molecule has 1 saturated carbocycles. The van der Waals surface area contributed by atoms with Crippen LogP contribution < -0.4 is 4.74 Å². The molecule has 0 saturated heterocycles. The third-order valence-electron chi connectivity index (χ3n) is 4.14. The van der Waals surface area contributed by atoms with E-state index in [1.54, 1.807) is 19.4 Å². The van der Waals surface area contributed by atoms with Crippen molar-refractivity contribution in [3.8, 4) is 5.75 Å². The molecular weight excluding hydrogens is 238 g/mol. The molecule has 3 heteroatoms. The van der Waals surface area contributed by atoms with Crippen LogP contribution in [-0.2, 0) is 0 Å². The van der Waals surface area contributed by atoms with Crippen molar-refractivity contribution in [3.63, 3.8) is 0 Å². The Morgan fingerprint density at radius 3 is 2.74 bits per heavy atom. The van der Waals surface area contributed by atoms with Crippen molar-refractivity contribution < 1.29 is 9.53 Å². The predicted molar refractivity (Wildman–Crippen MR) is 75.5 cm³/mol. The number of rotatable bonds is 5. The van der Waals surface area contributed by atoms with E-state index in [1.165, 1.54) is 25.7 Å². The molecule has 0 aromatic carbocycles. The first kappa shape index (κ1) is 14.0. The molecule has 0 N–H and O–H groups in total. The van der Waals surface area contributed by atoms with Crippen LogP contribution in [0.3, 0.4) is 0 Å². The molecule has 0 amide bonds. The van der Waals surface area contributed by atoms with Crippen LogP contribution in [0.25, 0.3) is 0 Å². The van der Waals surface area contributed by atoms with Gasteiger partial charge in [-0.15, -0.1) is 0 Å². The van der Waals surface area contributed by atoms with Gasteiger partial charge in [-0.2, -0.15) is 0 Å². The molecule has 2 rings (SSSR count). The zero-order valence-corrected chi connectivity index (χ0v) is 11.9. The number of aromatic nitrogens is 1. The Balaban J connectivity index is 2.01. The quantitative estimate of drug-likeness (QED) is 0.755. The summed E-state index contributed by atoms with van der Waals surface area (Å²) in [5.41, 5.74) is 0.504. The summed E-state index contributed by atoms with van der Waals surface area (Å²) in [6.45, 7) is 2.23. The molecule has 0 radical (unpaired) electrons. The Morgan fingerprint density at radius 2 is 2.11 bits per heavy atom. The van der Waals surface area contributed by atoms with Gasteiger partial charge in [0.15, 0.2) is 5.78 Å². The fourth-order valence-corrected chi connectivity index (χ4v) is 3.06. The molecule has 1 aliphatic rings. The van der Waals surface area contributed by atoms with Crippen molar-refractivity contribution in [1.29, 1.82) is 0 Å². The number of methoxy groups -OCH3 is 1. The largest absolute Gasteiger partial charge is 0.494 e. The maximum Gasteiger partial charge on any atom is 0.188 e. The molecule has 0 aliphatic heterocycles. The zero-order chi connectivity index (χ0) is 13.7. The summed E-state index contributed by atoms with van der Waals surface area (Å²) in [5.74, 6) is 1.71. The maximum atomic E-state index is 12.5. The molecule has 3 nitrogen and oxygen atoms in total. The lowest BCUT2D eigenvalue weighted by Crippen LogP contribution is -2.23. The molecule has 1 aliphatic carbocycles. The van der Waals surface area contributed by atoms with Crippen LogP contribution in [0.15, 0.2) is 18.3 Å². The first-order valence-corrected chi connectivity index (χ1v) is 7.29. The van der Waals surface area contributed by atoms with Gasteiger partial charge in [-0.1, -0.05) is 19.8 Å². The molecule has 0 atom stereocenters. The third kappa shape index (κ3) is 3.34. The SMILES string of the molecule is CCCC1CCC(C(=O)c2ncccc2OC)CC1. The van der Waals surface area contributed by atoms with E-state index in [-0.39, 0.29) is 11.7 Å². The minimum Gasteiger partial charge on any atom is -0.494 e. The van der Waals surface area contributed by atoms with Crippen molar-refractivity contribution in [2.75, 3.05) is 7.11 Å². The lowest BCUT2D eigenvalue weighted by molar-refractivity contribution is 0.0861. The van der Waals surface area contributed by atoms with Gasteiger partial charge >= 0.3 is 0 Å². The van der Waals surface area contributed by atoms with Crippen LogP contribution >= 0.6 is 0 Å². The van der Waals surface area contributed by atoms with Crippen molar-refractivity contribution in [2.45, 2.75) is 45.4 Å². The average molecular weight is 261 g/mol. The highest BCUT2D eigenvalue weighted by atomic mass is 16.5. The second-order valence-electron chi connectivity index (χ2n) is 5.42. The summed E-state index contributed by atoms with van der Waals surface area (Å²) in [7, 11) is 1.59. The topological polar surface area (TPSA) is 39.2 Å². The summed E-state index contributed by atoms with van der Waals surface area (Å²) in [6.07, 6.45) is 8.58. The molecule has 0 bridgehead atoms. The van der Waals surface area contributed by atoms with Crippen LogP contribution in [0.2, 0.25) is 0 Å². The minimum atomic E-state index is 0.136. The van der Waals surface area contributed by atoms with E-state index in [0.717, 1.165) is 18.8 Å². The second-order valence-corrected chi connectivity index (χ2v) is 5.42. The number of hydrogen-bond acceptors (Lipinski definition) is 3. The molecule has 1 aromatic heterocycles. The molecule has 104 valence electrons. The Labute approximate surface area is 115 Å². The Bertz CT molecular complexity index is 423. The number of carbonyl (C=O) groups excluding carboxylic acids is 1. The predicted octanol–water partition coefficient (Wildman–Crippen LogP) is 3.88. The first-order chi connectivity index (χ1) is 9.26. The van der Waals surface area contributed by atoms with Gasteiger partial charge in [-0.25, -0.2) is 4.98 Å². The number of pyridine rings is 1. The Morgan fingerprint density at radius 1 is 1.37 bits per heavy atom. The third-order valence-corrected chi connectivity index (χ3v) is 4.14. The number of ether oxygens (including phenoxy) is 1. The van der Waals surface area contributed by atoms with Gasteiger partial charge in [0, 0.05) is 12.1 Å². The van der Waals surface area contributed by atoms with Gasteiger partial charge in [0.25, 0.3) is 0 Å². The van der Waals surface area contributed by atoms with E-state index < -0.39 is 0 Å². The van der Waals surface area contributed by atoms with Crippen molar-refractivity contribution in [3.05, 3.63) is 24.0 Å². The highest BCUT2D eigenvalue weighted by Gasteiger charge is 2.28. The molecule has 1 aromatic rings. The standard InChI is InChI=1S/C16H23NO2/c1-3-5-12-7-9-13(10-8-12)16(18)15-14(19-2)6-4-11-17-15/h4,6,11-13H,3,5,7-10H2,1-2H3. The van der Waals surface area contributed by atoms with Crippen molar-refractivity contribution in [2.24, 2.45) is 11.8 Å². The lowest BCUT2D eigenvalue weighted by Gasteiger charge is -2.27. The van der Waals surface area contributed by atoms with Crippen LogP contribution in [-0.4, -0.2) is 17.9 Å². The molecule has 1 heterocycles. The van der Waals surface area contributed by atoms with E-state index in [4.69, 9.17) is 4.74 Å². The molecular formula is C16H23NO2. The highest BCUT2D eigenvalue weighted by molar-refractivity contribution is 5.98. The second kappa shape index (κ2) is 6.69. The van der Waals surface area contributed by atoms with E-state index in [9.17, 15) is 4.79 Å². The summed E-state index contributed by atoms with van der Waals surface area (Å²) in [5, 5.41) is 0. The van der Waals surface area contributed by atoms with Crippen LogP contribution in [0.4, 0.5) is 0 Å². The van der Waals surface area contributed by atoms with Gasteiger partial charge in [-0.3, -0.25) is 4.79 Å². The summed E-state index contributed by atoms with van der Waals surface area (Å²) < 4.78 is 5.23. The van der Waals surface area contributed by atoms with E-state index in [0.29, 0.717) is 11.4 Å². The fourth-order valence-electron chi connectivity index (χ4n) is 3.06. The van der Waals surface area contributed by atoms with E-state index >= 15 is 0 Å². The number of nitrogens with zero attached hydrogens (tertiary/aromatic N) is 1. The van der Waals surface area contributed by atoms with Crippen LogP contribution in [0.5, 0.6) is 5.75 Å². The van der Waals surface area contributed by atoms with Gasteiger partial charge < -0.3 is 4.74 Å².